The van der Waals surface area contributed by atoms with Crippen LogP contribution < -0.4 is 0 Å². The zero-order valence-electron chi connectivity index (χ0n) is 8.86. The summed E-state index contributed by atoms with van der Waals surface area (Å²) in [4.78, 5) is 2.30. The van der Waals surface area contributed by atoms with Crippen molar-refractivity contribution in [3.05, 3.63) is 34.9 Å². The number of hydrogen-bond acceptors (Lipinski definition) is 2. The molecule has 1 aliphatic rings. The van der Waals surface area contributed by atoms with E-state index in [1.807, 2.05) is 12.1 Å². The van der Waals surface area contributed by atoms with Gasteiger partial charge in [-0.3, -0.25) is 4.90 Å². The van der Waals surface area contributed by atoms with Gasteiger partial charge in [0.05, 0.1) is 0 Å². The average molecular weight is 226 g/mol. The Morgan fingerprint density at radius 3 is 2.60 bits per heavy atom. The van der Waals surface area contributed by atoms with Crippen LogP contribution in [0.2, 0.25) is 5.02 Å². The zero-order chi connectivity index (χ0) is 10.8. The number of nitrogens with zero attached hydrogens (tertiary/aromatic N) is 1. The maximum absolute atomic E-state index is 9.14. The molecule has 0 aliphatic carbocycles. The van der Waals surface area contributed by atoms with Crippen LogP contribution in [0.25, 0.3) is 0 Å². The van der Waals surface area contributed by atoms with Crippen molar-refractivity contribution in [3.8, 4) is 0 Å². The van der Waals surface area contributed by atoms with Crippen molar-refractivity contribution in [3.63, 3.8) is 0 Å². The number of aliphatic hydroxyl groups is 1. The second kappa shape index (κ2) is 4.52. The van der Waals surface area contributed by atoms with Crippen LogP contribution in [0.3, 0.4) is 0 Å². The van der Waals surface area contributed by atoms with E-state index >= 15 is 0 Å². The topological polar surface area (TPSA) is 23.5 Å². The van der Waals surface area contributed by atoms with Gasteiger partial charge in [-0.1, -0.05) is 23.7 Å². The third-order valence-electron chi connectivity index (χ3n) is 3.15. The lowest BCUT2D eigenvalue weighted by Crippen LogP contribution is -2.18. The maximum atomic E-state index is 9.14. The first-order chi connectivity index (χ1) is 7.20. The lowest BCUT2D eigenvalue weighted by molar-refractivity contribution is 0.227. The second-order valence-corrected chi connectivity index (χ2v) is 4.73. The van der Waals surface area contributed by atoms with E-state index in [-0.39, 0.29) is 6.61 Å². The monoisotopic (exact) mass is 225 g/mol. The molecule has 2 rings (SSSR count). The Morgan fingerprint density at radius 2 is 2.07 bits per heavy atom. The molecule has 2 atom stereocenters. The number of likely N-dealkylation sites (tertiary alicyclic amines) is 1. The number of hydrogen-bond donors (Lipinski definition) is 1. The van der Waals surface area contributed by atoms with Crippen molar-refractivity contribution in [2.24, 2.45) is 5.92 Å². The molecule has 1 fully saturated rings. The lowest BCUT2D eigenvalue weighted by atomic mass is 10.0. The fourth-order valence-corrected chi connectivity index (χ4v) is 2.44. The first kappa shape index (κ1) is 10.9. The van der Waals surface area contributed by atoms with Crippen LogP contribution in [0.4, 0.5) is 0 Å². The first-order valence-electron chi connectivity index (χ1n) is 5.27. The number of halogens is 1. The van der Waals surface area contributed by atoms with Crippen molar-refractivity contribution in [2.75, 3.05) is 20.2 Å². The van der Waals surface area contributed by atoms with Crippen LogP contribution in [-0.4, -0.2) is 30.2 Å². The molecular formula is C12H16ClNO. The highest BCUT2D eigenvalue weighted by atomic mass is 35.5. The van der Waals surface area contributed by atoms with Crippen LogP contribution in [0.15, 0.2) is 24.3 Å². The minimum atomic E-state index is 0.286. The van der Waals surface area contributed by atoms with E-state index in [1.165, 1.54) is 5.56 Å². The first-order valence-corrected chi connectivity index (χ1v) is 5.65. The highest BCUT2D eigenvalue weighted by molar-refractivity contribution is 6.30. The maximum Gasteiger partial charge on any atom is 0.0472 e. The molecular weight excluding hydrogens is 210 g/mol. The van der Waals surface area contributed by atoms with Crippen LogP contribution in [0, 0.1) is 5.92 Å². The van der Waals surface area contributed by atoms with Crippen LogP contribution in [-0.2, 0) is 0 Å². The quantitative estimate of drug-likeness (QED) is 0.835. The van der Waals surface area contributed by atoms with Crippen LogP contribution in [0.5, 0.6) is 0 Å². The third-order valence-corrected chi connectivity index (χ3v) is 3.40. The van der Waals surface area contributed by atoms with Gasteiger partial charge in [-0.2, -0.15) is 0 Å². The van der Waals surface area contributed by atoms with E-state index in [4.69, 9.17) is 16.7 Å². The van der Waals surface area contributed by atoms with Crippen molar-refractivity contribution in [1.82, 2.24) is 4.90 Å². The van der Waals surface area contributed by atoms with Gasteiger partial charge >= 0.3 is 0 Å². The standard InChI is InChI=1S/C12H16ClNO/c1-14-7-9(8-15)6-12(14)10-2-4-11(13)5-3-10/h2-5,9,12,15H,6-8H2,1H3/t9-,12-/m0/s1. The summed E-state index contributed by atoms with van der Waals surface area (Å²) >= 11 is 5.86. The highest BCUT2D eigenvalue weighted by Crippen LogP contribution is 2.34. The summed E-state index contributed by atoms with van der Waals surface area (Å²) in [6.07, 6.45) is 1.04. The van der Waals surface area contributed by atoms with Gasteiger partial charge in [0.25, 0.3) is 0 Å². The largest absolute Gasteiger partial charge is 0.396 e. The summed E-state index contributed by atoms with van der Waals surface area (Å²) in [5.41, 5.74) is 1.29. The molecule has 1 aromatic rings. The van der Waals surface area contributed by atoms with Gasteiger partial charge < -0.3 is 5.11 Å². The van der Waals surface area contributed by atoms with E-state index in [9.17, 15) is 0 Å². The van der Waals surface area contributed by atoms with Gasteiger partial charge in [0.15, 0.2) is 0 Å². The molecule has 0 spiro atoms. The van der Waals surface area contributed by atoms with Gasteiger partial charge in [0, 0.05) is 24.2 Å². The van der Waals surface area contributed by atoms with Crippen LogP contribution >= 0.6 is 11.6 Å². The van der Waals surface area contributed by atoms with Crippen molar-refractivity contribution < 1.29 is 5.11 Å². The summed E-state index contributed by atoms with van der Waals surface area (Å²) < 4.78 is 0. The van der Waals surface area contributed by atoms with Crippen LogP contribution in [0.1, 0.15) is 18.0 Å². The smallest absolute Gasteiger partial charge is 0.0472 e. The van der Waals surface area contributed by atoms with Crippen molar-refractivity contribution in [2.45, 2.75) is 12.5 Å². The molecule has 0 saturated carbocycles. The molecule has 0 radical (unpaired) electrons. The fourth-order valence-electron chi connectivity index (χ4n) is 2.31. The van der Waals surface area contributed by atoms with Crippen molar-refractivity contribution in [1.29, 1.82) is 0 Å². The van der Waals surface area contributed by atoms with Gasteiger partial charge in [0.2, 0.25) is 0 Å². The molecule has 2 nitrogen and oxygen atoms in total. The molecule has 0 aromatic heterocycles. The summed E-state index contributed by atoms with van der Waals surface area (Å²) in [6, 6.07) is 8.43. The molecule has 0 amide bonds. The minimum absolute atomic E-state index is 0.286. The Hall–Kier alpha value is -0.570. The predicted molar refractivity (Wildman–Crippen MR) is 62.0 cm³/mol. The van der Waals surface area contributed by atoms with Crippen molar-refractivity contribution >= 4 is 11.6 Å². The number of aliphatic hydroxyl groups excluding tert-OH is 1. The van der Waals surface area contributed by atoms with E-state index in [0.29, 0.717) is 12.0 Å². The Bertz CT molecular complexity index is 325. The molecule has 1 aromatic carbocycles. The van der Waals surface area contributed by atoms with E-state index in [0.717, 1.165) is 18.0 Å². The van der Waals surface area contributed by atoms with E-state index in [2.05, 4.69) is 24.1 Å². The summed E-state index contributed by atoms with van der Waals surface area (Å²) in [5, 5.41) is 9.92. The molecule has 0 unspecified atom stereocenters. The molecule has 3 heteroatoms. The highest BCUT2D eigenvalue weighted by Gasteiger charge is 2.29. The molecule has 1 saturated heterocycles. The summed E-state index contributed by atoms with van der Waals surface area (Å²) in [5.74, 6) is 0.413. The number of rotatable bonds is 2. The third kappa shape index (κ3) is 2.33. The predicted octanol–water partition coefficient (Wildman–Crippen LogP) is 2.33. The Morgan fingerprint density at radius 1 is 1.40 bits per heavy atom. The molecule has 15 heavy (non-hydrogen) atoms. The molecule has 82 valence electrons. The molecule has 0 bridgehead atoms. The van der Waals surface area contributed by atoms with E-state index in [1.54, 1.807) is 0 Å². The van der Waals surface area contributed by atoms with Gasteiger partial charge in [-0.05, 0) is 37.1 Å². The van der Waals surface area contributed by atoms with E-state index < -0.39 is 0 Å². The summed E-state index contributed by atoms with van der Waals surface area (Å²) in [6.45, 7) is 1.26. The van der Waals surface area contributed by atoms with Gasteiger partial charge in [-0.15, -0.1) is 0 Å². The Balaban J connectivity index is 2.14. The van der Waals surface area contributed by atoms with Gasteiger partial charge in [-0.25, -0.2) is 0 Å². The molecule has 1 heterocycles. The second-order valence-electron chi connectivity index (χ2n) is 4.29. The minimum Gasteiger partial charge on any atom is -0.396 e. The van der Waals surface area contributed by atoms with Gasteiger partial charge in [0.1, 0.15) is 0 Å². The molecule has 1 N–H and O–H groups in total. The zero-order valence-corrected chi connectivity index (χ0v) is 9.61. The lowest BCUT2D eigenvalue weighted by Gasteiger charge is -2.19. The fraction of sp³-hybridized carbons (Fsp3) is 0.500. The number of benzene rings is 1. The summed E-state index contributed by atoms with van der Waals surface area (Å²) in [7, 11) is 2.11. The molecule has 1 aliphatic heterocycles. The average Bonchev–Trinajstić information content (AvgIpc) is 2.61. The normalized spacial score (nSPS) is 27.1. The SMILES string of the molecule is CN1C[C@@H](CO)C[C@H]1c1ccc(Cl)cc1. The Labute approximate surface area is 95.5 Å². The Kier molecular flexibility index (Phi) is 3.29.